The minimum absolute atomic E-state index is 0.0444. The van der Waals surface area contributed by atoms with Crippen molar-refractivity contribution in [1.29, 1.82) is 0 Å². The van der Waals surface area contributed by atoms with E-state index in [2.05, 4.69) is 22.1 Å². The van der Waals surface area contributed by atoms with Gasteiger partial charge in [0.05, 0.1) is 5.69 Å². The van der Waals surface area contributed by atoms with Crippen molar-refractivity contribution >= 4 is 5.97 Å². The number of aromatic carboxylic acids is 1. The summed E-state index contributed by atoms with van der Waals surface area (Å²) < 4.78 is 0. The number of carbonyl (C=O) groups is 1. The van der Waals surface area contributed by atoms with E-state index in [1.54, 1.807) is 6.92 Å². The lowest BCUT2D eigenvalue weighted by molar-refractivity contribution is 0.0690. The summed E-state index contributed by atoms with van der Waals surface area (Å²) in [5.74, 6) is -0.539. The lowest BCUT2D eigenvalue weighted by atomic mass is 10.0. The molecule has 0 atom stereocenters. The van der Waals surface area contributed by atoms with E-state index in [1.165, 1.54) is 23.6 Å². The van der Waals surface area contributed by atoms with E-state index < -0.39 is 5.97 Å². The standard InChI is InChI=1S/C15H14N2O2/c1-9-16-13(8-14(17-9)15(18)19)12-6-5-10-3-2-4-11(10)7-12/h5-8H,2-4H2,1H3,(H,18,19). The average Bonchev–Trinajstić information content (AvgIpc) is 2.85. The van der Waals surface area contributed by atoms with Gasteiger partial charge in [-0.2, -0.15) is 0 Å². The zero-order valence-corrected chi connectivity index (χ0v) is 10.7. The molecule has 1 N–H and O–H groups in total. The van der Waals surface area contributed by atoms with E-state index in [-0.39, 0.29) is 5.69 Å². The first-order valence-corrected chi connectivity index (χ1v) is 6.34. The number of aryl methyl sites for hydroxylation is 3. The van der Waals surface area contributed by atoms with Gasteiger partial charge in [-0.1, -0.05) is 12.1 Å². The zero-order chi connectivity index (χ0) is 13.4. The highest BCUT2D eigenvalue weighted by molar-refractivity contribution is 5.86. The third kappa shape index (κ3) is 2.21. The van der Waals surface area contributed by atoms with Crippen molar-refractivity contribution in [2.45, 2.75) is 26.2 Å². The van der Waals surface area contributed by atoms with Crippen LogP contribution in [-0.2, 0) is 12.8 Å². The zero-order valence-electron chi connectivity index (χ0n) is 10.7. The van der Waals surface area contributed by atoms with Crippen molar-refractivity contribution < 1.29 is 9.90 Å². The summed E-state index contributed by atoms with van der Waals surface area (Å²) in [6.07, 6.45) is 3.43. The third-order valence-electron chi connectivity index (χ3n) is 3.45. The summed E-state index contributed by atoms with van der Waals surface area (Å²) in [6.45, 7) is 1.71. The highest BCUT2D eigenvalue weighted by Crippen LogP contribution is 2.27. The minimum atomic E-state index is -1.02. The molecule has 3 rings (SSSR count). The van der Waals surface area contributed by atoms with Crippen LogP contribution < -0.4 is 0 Å². The first-order valence-electron chi connectivity index (χ1n) is 6.34. The lowest BCUT2D eigenvalue weighted by Gasteiger charge is -2.06. The average molecular weight is 254 g/mol. The van der Waals surface area contributed by atoms with E-state index in [1.807, 2.05) is 6.07 Å². The third-order valence-corrected chi connectivity index (χ3v) is 3.45. The molecule has 1 aromatic heterocycles. The van der Waals surface area contributed by atoms with Crippen LogP contribution in [0, 0.1) is 6.92 Å². The van der Waals surface area contributed by atoms with Crippen molar-refractivity contribution in [2.75, 3.05) is 0 Å². The van der Waals surface area contributed by atoms with Gasteiger partial charge in [0.1, 0.15) is 5.82 Å². The Morgan fingerprint density at radius 3 is 2.74 bits per heavy atom. The molecule has 0 saturated heterocycles. The van der Waals surface area contributed by atoms with Crippen LogP contribution in [0.25, 0.3) is 11.3 Å². The van der Waals surface area contributed by atoms with Gasteiger partial charge < -0.3 is 5.11 Å². The number of nitrogens with zero attached hydrogens (tertiary/aromatic N) is 2. The number of hydrogen-bond acceptors (Lipinski definition) is 3. The molecular weight excluding hydrogens is 240 g/mol. The Labute approximate surface area is 111 Å². The van der Waals surface area contributed by atoms with Crippen LogP contribution in [0.1, 0.15) is 33.9 Å². The maximum absolute atomic E-state index is 11.0. The SMILES string of the molecule is Cc1nc(C(=O)O)cc(-c2ccc3c(c2)CCC3)n1. The number of fused-ring (bicyclic) bond motifs is 1. The second kappa shape index (κ2) is 4.46. The fourth-order valence-electron chi connectivity index (χ4n) is 2.56. The molecular formula is C15H14N2O2. The van der Waals surface area contributed by atoms with Gasteiger partial charge in [0.2, 0.25) is 0 Å². The quantitative estimate of drug-likeness (QED) is 0.894. The number of benzene rings is 1. The van der Waals surface area contributed by atoms with Gasteiger partial charge in [0.15, 0.2) is 5.69 Å². The predicted octanol–water partition coefficient (Wildman–Crippen LogP) is 2.64. The van der Waals surface area contributed by atoms with Crippen LogP contribution in [0.5, 0.6) is 0 Å². The van der Waals surface area contributed by atoms with Gasteiger partial charge in [-0.25, -0.2) is 14.8 Å². The molecule has 0 spiro atoms. The maximum Gasteiger partial charge on any atom is 0.354 e. The molecule has 96 valence electrons. The normalized spacial score (nSPS) is 13.3. The van der Waals surface area contributed by atoms with Crippen molar-refractivity contribution in [3.8, 4) is 11.3 Å². The number of hydrogen-bond donors (Lipinski definition) is 1. The van der Waals surface area contributed by atoms with Gasteiger partial charge in [0, 0.05) is 5.56 Å². The second-order valence-corrected chi connectivity index (χ2v) is 4.83. The summed E-state index contributed by atoms with van der Waals surface area (Å²) in [5, 5.41) is 9.05. The minimum Gasteiger partial charge on any atom is -0.477 e. The molecule has 19 heavy (non-hydrogen) atoms. The summed E-state index contributed by atoms with van der Waals surface area (Å²) in [7, 11) is 0. The fraction of sp³-hybridized carbons (Fsp3) is 0.267. The molecule has 2 aromatic rings. The van der Waals surface area contributed by atoms with Gasteiger partial charge in [-0.3, -0.25) is 0 Å². The van der Waals surface area contributed by atoms with E-state index in [0.717, 1.165) is 18.4 Å². The molecule has 0 amide bonds. The van der Waals surface area contributed by atoms with E-state index >= 15 is 0 Å². The van der Waals surface area contributed by atoms with E-state index in [0.29, 0.717) is 11.5 Å². The van der Waals surface area contributed by atoms with Crippen LogP contribution in [0.2, 0.25) is 0 Å². The molecule has 1 aliphatic rings. The van der Waals surface area contributed by atoms with Crippen LogP contribution in [0.15, 0.2) is 24.3 Å². The van der Waals surface area contributed by atoms with Crippen molar-refractivity contribution in [2.24, 2.45) is 0 Å². The molecule has 1 aromatic carbocycles. The Morgan fingerprint density at radius 2 is 1.95 bits per heavy atom. The number of aromatic nitrogens is 2. The number of carboxylic acid groups (broad SMARTS) is 1. The Morgan fingerprint density at radius 1 is 1.16 bits per heavy atom. The largest absolute Gasteiger partial charge is 0.477 e. The van der Waals surface area contributed by atoms with Gasteiger partial charge in [-0.05, 0) is 49.4 Å². The van der Waals surface area contributed by atoms with Crippen LogP contribution in [-0.4, -0.2) is 21.0 Å². The molecule has 0 fully saturated rings. The Balaban J connectivity index is 2.09. The second-order valence-electron chi connectivity index (χ2n) is 4.83. The van der Waals surface area contributed by atoms with Crippen LogP contribution in [0.3, 0.4) is 0 Å². The molecule has 0 aliphatic heterocycles. The molecule has 0 radical (unpaired) electrons. The lowest BCUT2D eigenvalue weighted by Crippen LogP contribution is -2.04. The summed E-state index contributed by atoms with van der Waals surface area (Å²) in [4.78, 5) is 19.3. The number of rotatable bonds is 2. The molecule has 1 aliphatic carbocycles. The predicted molar refractivity (Wildman–Crippen MR) is 71.2 cm³/mol. The van der Waals surface area contributed by atoms with Gasteiger partial charge >= 0.3 is 5.97 Å². The Hall–Kier alpha value is -2.23. The van der Waals surface area contributed by atoms with E-state index in [4.69, 9.17) is 5.11 Å². The van der Waals surface area contributed by atoms with Crippen LogP contribution in [0.4, 0.5) is 0 Å². The highest BCUT2D eigenvalue weighted by atomic mass is 16.4. The van der Waals surface area contributed by atoms with Gasteiger partial charge in [0.25, 0.3) is 0 Å². The summed E-state index contributed by atoms with van der Waals surface area (Å²) in [5.41, 5.74) is 4.44. The van der Waals surface area contributed by atoms with Crippen molar-refractivity contribution in [3.63, 3.8) is 0 Å². The first-order chi connectivity index (χ1) is 9.13. The summed E-state index contributed by atoms with van der Waals surface area (Å²) >= 11 is 0. The molecule has 0 saturated carbocycles. The van der Waals surface area contributed by atoms with Crippen molar-refractivity contribution in [3.05, 3.63) is 46.9 Å². The van der Waals surface area contributed by atoms with Crippen molar-refractivity contribution in [1.82, 2.24) is 9.97 Å². The monoisotopic (exact) mass is 254 g/mol. The molecule has 0 unspecified atom stereocenters. The first kappa shape index (κ1) is 11.8. The highest BCUT2D eigenvalue weighted by Gasteiger charge is 2.14. The topological polar surface area (TPSA) is 63.1 Å². The molecule has 1 heterocycles. The van der Waals surface area contributed by atoms with Gasteiger partial charge in [-0.15, -0.1) is 0 Å². The Bertz CT molecular complexity index is 665. The van der Waals surface area contributed by atoms with E-state index in [9.17, 15) is 4.79 Å². The smallest absolute Gasteiger partial charge is 0.354 e. The maximum atomic E-state index is 11.0. The summed E-state index contributed by atoms with van der Waals surface area (Å²) in [6, 6.07) is 7.79. The molecule has 0 bridgehead atoms. The molecule has 4 heteroatoms. The number of carboxylic acids is 1. The fourth-order valence-corrected chi connectivity index (χ4v) is 2.56. The van der Waals surface area contributed by atoms with Crippen LogP contribution >= 0.6 is 0 Å². The molecule has 4 nitrogen and oxygen atoms in total. The Kier molecular flexibility index (Phi) is 2.78.